The minimum absolute atomic E-state index is 0.217. The zero-order valence-corrected chi connectivity index (χ0v) is 9.96. The van der Waals surface area contributed by atoms with Gasteiger partial charge in [-0.1, -0.05) is 20.3 Å². The highest BCUT2D eigenvalue weighted by Crippen LogP contribution is 2.37. The first-order valence-corrected chi connectivity index (χ1v) is 5.92. The highest BCUT2D eigenvalue weighted by molar-refractivity contribution is 5.07. The SMILES string of the molecule is CC1(C)CCCC1NCc1ncccc1F. The molecule has 1 heterocycles. The lowest BCUT2D eigenvalue weighted by Gasteiger charge is -2.27. The van der Waals surface area contributed by atoms with Crippen molar-refractivity contribution in [2.45, 2.75) is 45.7 Å². The van der Waals surface area contributed by atoms with Gasteiger partial charge in [-0.25, -0.2) is 4.39 Å². The highest BCUT2D eigenvalue weighted by atomic mass is 19.1. The predicted octanol–water partition coefficient (Wildman–Crippen LogP) is 2.89. The third kappa shape index (κ3) is 2.40. The van der Waals surface area contributed by atoms with E-state index in [1.165, 1.54) is 25.3 Å². The first-order chi connectivity index (χ1) is 7.59. The Labute approximate surface area is 96.3 Å². The van der Waals surface area contributed by atoms with Crippen molar-refractivity contribution in [3.8, 4) is 0 Å². The molecule has 0 aromatic carbocycles. The molecule has 0 bridgehead atoms. The van der Waals surface area contributed by atoms with Crippen LogP contribution in [0, 0.1) is 11.2 Å². The number of halogens is 1. The summed E-state index contributed by atoms with van der Waals surface area (Å²) in [6, 6.07) is 3.57. The van der Waals surface area contributed by atoms with Crippen molar-refractivity contribution in [1.82, 2.24) is 10.3 Å². The number of hydrogen-bond donors (Lipinski definition) is 1. The van der Waals surface area contributed by atoms with E-state index in [2.05, 4.69) is 24.1 Å². The van der Waals surface area contributed by atoms with E-state index in [1.807, 2.05) is 0 Å². The Hall–Kier alpha value is -0.960. The van der Waals surface area contributed by atoms with E-state index in [1.54, 1.807) is 12.3 Å². The van der Waals surface area contributed by atoms with Gasteiger partial charge in [-0.05, 0) is 30.4 Å². The zero-order chi connectivity index (χ0) is 11.6. The van der Waals surface area contributed by atoms with E-state index >= 15 is 0 Å². The third-order valence-electron chi connectivity index (χ3n) is 3.61. The summed E-state index contributed by atoms with van der Waals surface area (Å²) < 4.78 is 13.4. The van der Waals surface area contributed by atoms with Crippen LogP contribution >= 0.6 is 0 Å². The van der Waals surface area contributed by atoms with Gasteiger partial charge in [0.25, 0.3) is 0 Å². The smallest absolute Gasteiger partial charge is 0.146 e. The monoisotopic (exact) mass is 222 g/mol. The fourth-order valence-corrected chi connectivity index (χ4v) is 2.47. The first-order valence-electron chi connectivity index (χ1n) is 5.92. The lowest BCUT2D eigenvalue weighted by molar-refractivity contribution is 0.280. The molecule has 0 aliphatic heterocycles. The molecule has 2 nitrogen and oxygen atoms in total. The Morgan fingerprint density at radius 3 is 3.00 bits per heavy atom. The fourth-order valence-electron chi connectivity index (χ4n) is 2.47. The quantitative estimate of drug-likeness (QED) is 0.850. The highest BCUT2D eigenvalue weighted by Gasteiger charge is 2.33. The van der Waals surface area contributed by atoms with Crippen LogP contribution in [0.2, 0.25) is 0 Å². The fraction of sp³-hybridized carbons (Fsp3) is 0.615. The van der Waals surface area contributed by atoms with Crippen molar-refractivity contribution in [3.63, 3.8) is 0 Å². The van der Waals surface area contributed by atoms with Crippen LogP contribution in [-0.2, 0) is 6.54 Å². The Kier molecular flexibility index (Phi) is 3.24. The number of nitrogens with one attached hydrogen (secondary N) is 1. The molecule has 1 unspecified atom stereocenters. The molecule has 1 N–H and O–H groups in total. The molecule has 3 heteroatoms. The van der Waals surface area contributed by atoms with Gasteiger partial charge in [-0.2, -0.15) is 0 Å². The Bertz CT molecular complexity index is 363. The average Bonchev–Trinajstić information content (AvgIpc) is 2.57. The Morgan fingerprint density at radius 2 is 2.38 bits per heavy atom. The molecule has 2 rings (SSSR count). The second-order valence-corrected chi connectivity index (χ2v) is 5.25. The second-order valence-electron chi connectivity index (χ2n) is 5.25. The lowest BCUT2D eigenvalue weighted by Crippen LogP contribution is -2.37. The van der Waals surface area contributed by atoms with E-state index in [-0.39, 0.29) is 5.82 Å². The van der Waals surface area contributed by atoms with Gasteiger partial charge in [-0.3, -0.25) is 4.98 Å². The summed E-state index contributed by atoms with van der Waals surface area (Å²) in [5.41, 5.74) is 0.843. The molecule has 1 saturated carbocycles. The summed E-state index contributed by atoms with van der Waals surface area (Å²) in [4.78, 5) is 4.05. The van der Waals surface area contributed by atoms with Gasteiger partial charge in [0, 0.05) is 18.8 Å². The lowest BCUT2D eigenvalue weighted by atomic mass is 9.87. The van der Waals surface area contributed by atoms with Gasteiger partial charge in [0.05, 0.1) is 5.69 Å². The van der Waals surface area contributed by atoms with Gasteiger partial charge >= 0.3 is 0 Å². The summed E-state index contributed by atoms with van der Waals surface area (Å²) in [7, 11) is 0. The van der Waals surface area contributed by atoms with Crippen LogP contribution in [0.4, 0.5) is 4.39 Å². The maximum atomic E-state index is 13.4. The molecule has 16 heavy (non-hydrogen) atoms. The molecule has 0 radical (unpaired) electrons. The van der Waals surface area contributed by atoms with E-state index in [9.17, 15) is 4.39 Å². The van der Waals surface area contributed by atoms with E-state index in [0.29, 0.717) is 23.7 Å². The molecule has 1 fully saturated rings. The molecule has 1 aliphatic rings. The van der Waals surface area contributed by atoms with Crippen molar-refractivity contribution in [2.24, 2.45) is 5.41 Å². The van der Waals surface area contributed by atoms with E-state index in [0.717, 1.165) is 0 Å². The van der Waals surface area contributed by atoms with Crippen LogP contribution in [0.5, 0.6) is 0 Å². The van der Waals surface area contributed by atoms with Gasteiger partial charge in [0.2, 0.25) is 0 Å². The summed E-state index contributed by atoms with van der Waals surface area (Å²) in [6.07, 6.45) is 5.33. The van der Waals surface area contributed by atoms with Crippen LogP contribution in [0.15, 0.2) is 18.3 Å². The van der Waals surface area contributed by atoms with Crippen LogP contribution in [-0.4, -0.2) is 11.0 Å². The summed E-state index contributed by atoms with van der Waals surface area (Å²) in [6.45, 7) is 5.07. The standard InChI is InChI=1S/C13H19FN2/c1-13(2)7-3-6-12(13)16-9-11-10(14)5-4-8-15-11/h4-5,8,12,16H,3,6-7,9H2,1-2H3. The van der Waals surface area contributed by atoms with E-state index in [4.69, 9.17) is 0 Å². The number of rotatable bonds is 3. The second kappa shape index (κ2) is 4.50. The number of nitrogens with zero attached hydrogens (tertiary/aromatic N) is 1. The van der Waals surface area contributed by atoms with Gasteiger partial charge in [0.1, 0.15) is 5.82 Å². The maximum Gasteiger partial charge on any atom is 0.146 e. The third-order valence-corrected chi connectivity index (χ3v) is 3.61. The van der Waals surface area contributed by atoms with Crippen molar-refractivity contribution in [2.75, 3.05) is 0 Å². The normalized spacial score (nSPS) is 23.6. The van der Waals surface area contributed by atoms with Crippen molar-refractivity contribution >= 4 is 0 Å². The van der Waals surface area contributed by atoms with Crippen molar-refractivity contribution in [1.29, 1.82) is 0 Å². The molecular formula is C13H19FN2. The Balaban J connectivity index is 1.95. The van der Waals surface area contributed by atoms with Crippen LogP contribution < -0.4 is 5.32 Å². The predicted molar refractivity (Wildman–Crippen MR) is 62.5 cm³/mol. The minimum atomic E-state index is -0.217. The first kappa shape index (κ1) is 11.5. The van der Waals surface area contributed by atoms with Crippen LogP contribution in [0.1, 0.15) is 38.8 Å². The van der Waals surface area contributed by atoms with Crippen LogP contribution in [0.25, 0.3) is 0 Å². The van der Waals surface area contributed by atoms with Crippen LogP contribution in [0.3, 0.4) is 0 Å². The maximum absolute atomic E-state index is 13.4. The number of aromatic nitrogens is 1. The zero-order valence-electron chi connectivity index (χ0n) is 9.96. The van der Waals surface area contributed by atoms with Crippen molar-refractivity contribution in [3.05, 3.63) is 29.8 Å². The molecule has 1 aliphatic carbocycles. The largest absolute Gasteiger partial charge is 0.308 e. The molecule has 88 valence electrons. The summed E-state index contributed by atoms with van der Waals surface area (Å²) >= 11 is 0. The Morgan fingerprint density at radius 1 is 1.56 bits per heavy atom. The van der Waals surface area contributed by atoms with Crippen molar-refractivity contribution < 1.29 is 4.39 Å². The molecule has 0 amide bonds. The number of hydrogen-bond acceptors (Lipinski definition) is 2. The molecule has 0 saturated heterocycles. The molecule has 1 aromatic rings. The van der Waals surface area contributed by atoms with Gasteiger partial charge < -0.3 is 5.32 Å². The molecule has 1 atom stereocenters. The topological polar surface area (TPSA) is 24.9 Å². The van der Waals surface area contributed by atoms with E-state index < -0.39 is 0 Å². The number of pyridine rings is 1. The minimum Gasteiger partial charge on any atom is -0.308 e. The van der Waals surface area contributed by atoms with Gasteiger partial charge in [-0.15, -0.1) is 0 Å². The molecule has 0 spiro atoms. The summed E-state index contributed by atoms with van der Waals surface area (Å²) in [5, 5.41) is 3.43. The average molecular weight is 222 g/mol. The molecular weight excluding hydrogens is 203 g/mol. The van der Waals surface area contributed by atoms with Gasteiger partial charge in [0.15, 0.2) is 0 Å². The molecule has 1 aromatic heterocycles. The summed E-state index contributed by atoms with van der Waals surface area (Å²) in [5.74, 6) is -0.217.